The maximum Gasteiger partial charge on any atom is 0.271 e. The Morgan fingerprint density at radius 3 is 2.82 bits per heavy atom. The Bertz CT molecular complexity index is 423. The van der Waals surface area contributed by atoms with Crippen molar-refractivity contribution in [3.8, 4) is 0 Å². The van der Waals surface area contributed by atoms with Crippen LogP contribution in [-0.4, -0.2) is 29.4 Å². The third-order valence-electron chi connectivity index (χ3n) is 2.07. The van der Waals surface area contributed by atoms with Crippen molar-refractivity contribution in [2.75, 3.05) is 6.54 Å². The van der Waals surface area contributed by atoms with Crippen molar-refractivity contribution in [1.29, 1.82) is 0 Å². The highest BCUT2D eigenvalue weighted by molar-refractivity contribution is 9.10. The van der Waals surface area contributed by atoms with Gasteiger partial charge in [-0.1, -0.05) is 0 Å². The molecule has 1 atom stereocenters. The summed E-state index contributed by atoms with van der Waals surface area (Å²) in [6.07, 6.45) is 1.52. The molecule has 1 aromatic rings. The van der Waals surface area contributed by atoms with Gasteiger partial charge in [-0.05, 0) is 41.9 Å². The van der Waals surface area contributed by atoms with Gasteiger partial charge in [-0.3, -0.25) is 9.59 Å². The van der Waals surface area contributed by atoms with Gasteiger partial charge in [0.05, 0.1) is 0 Å². The van der Waals surface area contributed by atoms with Crippen LogP contribution in [0.15, 0.2) is 22.8 Å². The monoisotopic (exact) mass is 299 g/mol. The van der Waals surface area contributed by atoms with Crippen LogP contribution < -0.4 is 10.6 Å². The van der Waals surface area contributed by atoms with E-state index in [-0.39, 0.29) is 17.5 Å². The number of likely N-dealkylation sites (N-methyl/N-ethyl adjacent to an activating group) is 1. The van der Waals surface area contributed by atoms with E-state index in [0.29, 0.717) is 11.0 Å². The van der Waals surface area contributed by atoms with Crippen molar-refractivity contribution >= 4 is 27.7 Å². The fourth-order valence-electron chi connectivity index (χ4n) is 1.21. The first kappa shape index (κ1) is 13.6. The summed E-state index contributed by atoms with van der Waals surface area (Å²) in [7, 11) is 0. The van der Waals surface area contributed by atoms with Crippen molar-refractivity contribution in [3.63, 3.8) is 0 Å². The van der Waals surface area contributed by atoms with Crippen molar-refractivity contribution in [3.05, 3.63) is 28.5 Å². The van der Waals surface area contributed by atoms with E-state index in [2.05, 4.69) is 31.5 Å². The van der Waals surface area contributed by atoms with E-state index in [4.69, 9.17) is 0 Å². The summed E-state index contributed by atoms with van der Waals surface area (Å²) in [6.45, 7) is 3.98. The maximum atomic E-state index is 11.8. The lowest BCUT2D eigenvalue weighted by atomic mass is 10.2. The number of nitrogens with one attached hydrogen (secondary N) is 2. The van der Waals surface area contributed by atoms with Gasteiger partial charge >= 0.3 is 0 Å². The van der Waals surface area contributed by atoms with Crippen molar-refractivity contribution in [2.45, 2.75) is 19.9 Å². The number of carbonyl (C=O) groups excluding carboxylic acids is 2. The van der Waals surface area contributed by atoms with Gasteiger partial charge in [-0.15, -0.1) is 0 Å². The van der Waals surface area contributed by atoms with Gasteiger partial charge < -0.3 is 10.6 Å². The molecule has 0 fully saturated rings. The normalized spacial score (nSPS) is 11.7. The average molecular weight is 300 g/mol. The summed E-state index contributed by atoms with van der Waals surface area (Å²) in [4.78, 5) is 27.2. The zero-order valence-corrected chi connectivity index (χ0v) is 11.2. The van der Waals surface area contributed by atoms with E-state index in [1.165, 1.54) is 6.20 Å². The zero-order valence-electron chi connectivity index (χ0n) is 9.66. The van der Waals surface area contributed by atoms with Crippen LogP contribution in [0.5, 0.6) is 0 Å². The van der Waals surface area contributed by atoms with E-state index in [1.54, 1.807) is 19.1 Å². The van der Waals surface area contributed by atoms with Gasteiger partial charge in [-0.25, -0.2) is 4.98 Å². The molecule has 0 saturated carbocycles. The molecule has 92 valence electrons. The van der Waals surface area contributed by atoms with Crippen LogP contribution in [0.3, 0.4) is 0 Å². The molecule has 1 unspecified atom stereocenters. The summed E-state index contributed by atoms with van der Waals surface area (Å²) >= 11 is 3.23. The van der Waals surface area contributed by atoms with Crippen molar-refractivity contribution < 1.29 is 9.59 Å². The van der Waals surface area contributed by atoms with Gasteiger partial charge in [0.1, 0.15) is 11.7 Å². The molecule has 6 heteroatoms. The molecule has 0 spiro atoms. The third kappa shape index (κ3) is 3.81. The third-order valence-corrected chi connectivity index (χ3v) is 2.71. The molecule has 0 aliphatic heterocycles. The summed E-state index contributed by atoms with van der Waals surface area (Å²) in [5, 5.41) is 5.21. The fraction of sp³-hybridized carbons (Fsp3) is 0.364. The summed E-state index contributed by atoms with van der Waals surface area (Å²) < 4.78 is 0.598. The number of pyridine rings is 1. The predicted molar refractivity (Wildman–Crippen MR) is 67.5 cm³/mol. The van der Waals surface area contributed by atoms with Crippen molar-refractivity contribution in [2.24, 2.45) is 0 Å². The summed E-state index contributed by atoms with van der Waals surface area (Å²) in [5.74, 6) is -0.593. The first-order valence-corrected chi connectivity index (χ1v) is 6.04. The molecule has 0 radical (unpaired) electrons. The van der Waals surface area contributed by atoms with Crippen LogP contribution in [0.4, 0.5) is 0 Å². The molecule has 0 aliphatic carbocycles. The van der Waals surface area contributed by atoms with Gasteiger partial charge in [-0.2, -0.15) is 0 Å². The smallest absolute Gasteiger partial charge is 0.271 e. The minimum atomic E-state index is -0.587. The second-order valence-corrected chi connectivity index (χ2v) is 4.28. The molecule has 2 N–H and O–H groups in total. The topological polar surface area (TPSA) is 71.1 Å². The number of nitrogens with zero attached hydrogens (tertiary/aromatic N) is 1. The maximum absolute atomic E-state index is 11.8. The Morgan fingerprint density at radius 1 is 1.53 bits per heavy atom. The lowest BCUT2D eigenvalue weighted by Crippen LogP contribution is -2.45. The van der Waals surface area contributed by atoms with Crippen LogP contribution in [0.1, 0.15) is 24.3 Å². The second-order valence-electron chi connectivity index (χ2n) is 3.42. The minimum absolute atomic E-state index is 0.215. The highest BCUT2D eigenvalue weighted by atomic mass is 79.9. The predicted octanol–water partition coefficient (Wildman–Crippen LogP) is 1.10. The molecular formula is C11H14BrN3O2. The van der Waals surface area contributed by atoms with Crippen LogP contribution in [-0.2, 0) is 4.79 Å². The van der Waals surface area contributed by atoms with E-state index in [9.17, 15) is 9.59 Å². The first-order chi connectivity index (χ1) is 8.06. The van der Waals surface area contributed by atoms with E-state index in [0.717, 1.165) is 0 Å². The van der Waals surface area contributed by atoms with E-state index >= 15 is 0 Å². The van der Waals surface area contributed by atoms with Crippen LogP contribution in [0.25, 0.3) is 0 Å². The highest BCUT2D eigenvalue weighted by Gasteiger charge is 2.17. The Kier molecular flexibility index (Phi) is 5.09. The number of rotatable bonds is 4. The molecule has 1 rings (SSSR count). The fourth-order valence-corrected chi connectivity index (χ4v) is 1.65. The SMILES string of the molecule is CCNC(=O)C(C)NC(=O)c1ncccc1Br. The molecule has 0 bridgehead atoms. The number of amides is 2. The molecule has 1 aromatic heterocycles. The Hall–Kier alpha value is -1.43. The van der Waals surface area contributed by atoms with Crippen LogP contribution in [0, 0.1) is 0 Å². The molecule has 0 aliphatic rings. The Morgan fingerprint density at radius 2 is 2.24 bits per heavy atom. The van der Waals surface area contributed by atoms with Gasteiger partial charge in [0, 0.05) is 17.2 Å². The minimum Gasteiger partial charge on any atom is -0.355 e. The first-order valence-electron chi connectivity index (χ1n) is 5.25. The number of halogens is 1. The van der Waals surface area contributed by atoms with Crippen LogP contribution in [0.2, 0.25) is 0 Å². The molecule has 0 saturated heterocycles. The second kappa shape index (κ2) is 6.34. The quantitative estimate of drug-likeness (QED) is 0.874. The van der Waals surface area contributed by atoms with E-state index < -0.39 is 6.04 Å². The Balaban J connectivity index is 2.67. The largest absolute Gasteiger partial charge is 0.355 e. The number of aromatic nitrogens is 1. The number of hydrogen-bond acceptors (Lipinski definition) is 3. The molecule has 2 amide bonds. The van der Waals surface area contributed by atoms with Crippen LogP contribution >= 0.6 is 15.9 Å². The molecule has 1 heterocycles. The Labute approximate surface area is 108 Å². The lowest BCUT2D eigenvalue weighted by Gasteiger charge is -2.13. The average Bonchev–Trinajstić information content (AvgIpc) is 2.29. The zero-order chi connectivity index (χ0) is 12.8. The van der Waals surface area contributed by atoms with Gasteiger partial charge in [0.25, 0.3) is 5.91 Å². The molecule has 5 nitrogen and oxygen atoms in total. The molecule has 0 aromatic carbocycles. The lowest BCUT2D eigenvalue weighted by molar-refractivity contribution is -0.122. The van der Waals surface area contributed by atoms with Gasteiger partial charge in [0.15, 0.2) is 0 Å². The number of hydrogen-bond donors (Lipinski definition) is 2. The highest BCUT2D eigenvalue weighted by Crippen LogP contribution is 2.12. The number of carbonyl (C=O) groups is 2. The van der Waals surface area contributed by atoms with Gasteiger partial charge in [0.2, 0.25) is 5.91 Å². The summed E-state index contributed by atoms with van der Waals surface area (Å²) in [6, 6.07) is 2.85. The van der Waals surface area contributed by atoms with Crippen molar-refractivity contribution in [1.82, 2.24) is 15.6 Å². The standard InChI is InChI=1S/C11H14BrN3O2/c1-3-13-10(16)7(2)15-11(17)9-8(12)5-4-6-14-9/h4-7H,3H2,1-2H3,(H,13,16)(H,15,17). The van der Waals surface area contributed by atoms with E-state index in [1.807, 2.05) is 6.92 Å². The molecule has 17 heavy (non-hydrogen) atoms. The summed E-state index contributed by atoms with van der Waals surface area (Å²) in [5.41, 5.74) is 0.267. The molecular weight excluding hydrogens is 286 g/mol.